The van der Waals surface area contributed by atoms with Crippen LogP contribution in [0.25, 0.3) is 0 Å². The fourth-order valence-electron chi connectivity index (χ4n) is 1.30. The number of thioether (sulfide) groups is 2. The third-order valence-corrected chi connectivity index (χ3v) is 4.62. The maximum atomic E-state index is 10.3. The topological polar surface area (TPSA) is 134 Å². The van der Waals surface area contributed by atoms with Gasteiger partial charge < -0.3 is 21.3 Å². The highest BCUT2D eigenvalue weighted by Crippen LogP contribution is 2.10. The van der Waals surface area contributed by atoms with Crippen LogP contribution in [0.5, 0.6) is 0 Å². The lowest BCUT2D eigenvalue weighted by atomic mass is 10.6. The molecule has 0 rings (SSSR count). The van der Waals surface area contributed by atoms with Crippen molar-refractivity contribution in [2.24, 2.45) is 0 Å². The maximum absolute atomic E-state index is 10.3. The summed E-state index contributed by atoms with van der Waals surface area (Å²) in [6, 6.07) is 0. The Kier molecular flexibility index (Phi) is 12.7. The highest BCUT2D eigenvalue weighted by molar-refractivity contribution is 8.15. The summed E-state index contributed by atoms with van der Waals surface area (Å²) >= 11 is 3.42. The van der Waals surface area contributed by atoms with Crippen molar-refractivity contribution < 1.29 is 9.85 Å². The smallest absolute Gasteiger partial charge is 0.274 e. The van der Waals surface area contributed by atoms with Gasteiger partial charge in [0, 0.05) is 43.8 Å². The first kappa shape index (κ1) is 21.2. The van der Waals surface area contributed by atoms with Crippen molar-refractivity contribution in [3.63, 3.8) is 0 Å². The predicted molar refractivity (Wildman–Crippen MR) is 94.1 cm³/mol. The second-order valence-corrected chi connectivity index (χ2v) is 6.52. The van der Waals surface area contributed by atoms with Crippen LogP contribution < -0.4 is 21.3 Å². The van der Waals surface area contributed by atoms with Crippen LogP contribution in [0.1, 0.15) is 0 Å². The van der Waals surface area contributed by atoms with E-state index < -0.39 is 9.85 Å². The van der Waals surface area contributed by atoms with E-state index in [1.54, 1.807) is 37.6 Å². The molecular formula is C11H22N6O4S2. The first-order valence-corrected chi connectivity index (χ1v) is 9.00. The summed E-state index contributed by atoms with van der Waals surface area (Å²) in [6.45, 7) is 1.25. The van der Waals surface area contributed by atoms with Crippen LogP contribution in [-0.4, -0.2) is 53.6 Å². The SMILES string of the molecule is CNC(=C[N+](=O)[O-])NCCSCSCCNC(=C[N+](=O)[O-])NC. The molecule has 0 aromatic rings. The Labute approximate surface area is 143 Å². The van der Waals surface area contributed by atoms with Gasteiger partial charge in [-0.25, -0.2) is 0 Å². The van der Waals surface area contributed by atoms with Crippen molar-refractivity contribution in [2.75, 3.05) is 43.8 Å². The molecule has 0 unspecified atom stereocenters. The lowest BCUT2D eigenvalue weighted by molar-refractivity contribution is -0.404. The van der Waals surface area contributed by atoms with Crippen LogP contribution in [0.2, 0.25) is 0 Å². The Morgan fingerprint density at radius 3 is 1.61 bits per heavy atom. The number of nitro groups is 2. The van der Waals surface area contributed by atoms with E-state index >= 15 is 0 Å². The largest absolute Gasteiger partial charge is 0.370 e. The Bertz CT molecular complexity index is 395. The van der Waals surface area contributed by atoms with Gasteiger partial charge >= 0.3 is 0 Å². The van der Waals surface area contributed by atoms with Gasteiger partial charge in [-0.15, -0.1) is 23.5 Å². The lowest BCUT2D eigenvalue weighted by Gasteiger charge is -2.08. The zero-order valence-corrected chi connectivity index (χ0v) is 14.7. The Hall–Kier alpha value is -1.82. The quantitative estimate of drug-likeness (QED) is 0.146. The van der Waals surface area contributed by atoms with E-state index in [1.807, 2.05) is 0 Å². The van der Waals surface area contributed by atoms with Gasteiger partial charge in [0.1, 0.15) is 0 Å². The first-order valence-electron chi connectivity index (χ1n) is 6.69. The summed E-state index contributed by atoms with van der Waals surface area (Å²) in [4.78, 5) is 19.6. The minimum Gasteiger partial charge on any atom is -0.370 e. The van der Waals surface area contributed by atoms with E-state index in [0.717, 1.165) is 29.0 Å². The van der Waals surface area contributed by atoms with E-state index in [1.165, 1.54) is 0 Å². The molecule has 0 atom stereocenters. The first-order chi connectivity index (χ1) is 11.0. The minimum absolute atomic E-state index is 0.379. The van der Waals surface area contributed by atoms with Gasteiger partial charge in [-0.05, 0) is 0 Å². The molecule has 0 bridgehead atoms. The third kappa shape index (κ3) is 13.6. The van der Waals surface area contributed by atoms with Crippen molar-refractivity contribution in [2.45, 2.75) is 0 Å². The van der Waals surface area contributed by atoms with Crippen molar-refractivity contribution in [1.29, 1.82) is 0 Å². The van der Waals surface area contributed by atoms with E-state index in [-0.39, 0.29) is 0 Å². The molecule has 132 valence electrons. The van der Waals surface area contributed by atoms with Gasteiger partial charge in [-0.1, -0.05) is 0 Å². The lowest BCUT2D eigenvalue weighted by Crippen LogP contribution is -2.26. The van der Waals surface area contributed by atoms with Crippen LogP contribution >= 0.6 is 23.5 Å². The average Bonchev–Trinajstić information content (AvgIpc) is 2.49. The van der Waals surface area contributed by atoms with E-state index in [0.29, 0.717) is 24.7 Å². The highest BCUT2D eigenvalue weighted by Gasteiger charge is 2.00. The van der Waals surface area contributed by atoms with Crippen LogP contribution in [-0.2, 0) is 0 Å². The van der Waals surface area contributed by atoms with Gasteiger partial charge in [-0.2, -0.15) is 0 Å². The highest BCUT2D eigenvalue weighted by atomic mass is 32.2. The second-order valence-electron chi connectivity index (χ2n) is 3.94. The Balaban J connectivity index is 3.60. The normalized spacial score (nSPS) is 11.7. The van der Waals surface area contributed by atoms with Gasteiger partial charge in [0.25, 0.3) is 12.4 Å². The number of hydrogen-bond donors (Lipinski definition) is 4. The molecule has 0 spiro atoms. The van der Waals surface area contributed by atoms with Crippen LogP contribution in [0.15, 0.2) is 24.0 Å². The zero-order chi connectivity index (χ0) is 17.5. The van der Waals surface area contributed by atoms with Crippen LogP contribution in [0.4, 0.5) is 0 Å². The summed E-state index contributed by atoms with van der Waals surface area (Å²) in [5.41, 5.74) is 0. The molecule has 0 aliphatic rings. The monoisotopic (exact) mass is 366 g/mol. The van der Waals surface area contributed by atoms with Gasteiger partial charge in [0.15, 0.2) is 11.6 Å². The van der Waals surface area contributed by atoms with Crippen molar-refractivity contribution in [3.8, 4) is 0 Å². The molecular weight excluding hydrogens is 344 g/mol. The average molecular weight is 366 g/mol. The van der Waals surface area contributed by atoms with Gasteiger partial charge in [0.05, 0.1) is 9.85 Å². The third-order valence-electron chi connectivity index (χ3n) is 2.30. The molecule has 0 aliphatic carbocycles. The van der Waals surface area contributed by atoms with Gasteiger partial charge in [0.2, 0.25) is 0 Å². The zero-order valence-electron chi connectivity index (χ0n) is 13.0. The number of nitrogens with one attached hydrogen (secondary N) is 4. The molecule has 0 fully saturated rings. The predicted octanol–water partition coefficient (Wildman–Crippen LogP) is 0.180. The van der Waals surface area contributed by atoms with E-state index in [9.17, 15) is 20.2 Å². The van der Waals surface area contributed by atoms with Crippen molar-refractivity contribution in [3.05, 3.63) is 44.3 Å². The molecule has 23 heavy (non-hydrogen) atoms. The molecule has 0 radical (unpaired) electrons. The molecule has 0 heterocycles. The molecule has 12 heteroatoms. The summed E-state index contributed by atoms with van der Waals surface area (Å²) in [6.07, 6.45) is 1.78. The summed E-state index contributed by atoms with van der Waals surface area (Å²) in [5, 5.41) is 32.8. The van der Waals surface area contributed by atoms with Crippen LogP contribution in [0, 0.1) is 20.2 Å². The molecule has 0 aromatic heterocycles. The molecule has 0 aliphatic heterocycles. The summed E-state index contributed by atoms with van der Waals surface area (Å²) < 4.78 is 0. The second kappa shape index (κ2) is 13.8. The number of hydrogen-bond acceptors (Lipinski definition) is 10. The molecule has 4 N–H and O–H groups in total. The van der Waals surface area contributed by atoms with E-state index in [2.05, 4.69) is 21.3 Å². The van der Waals surface area contributed by atoms with Crippen LogP contribution in [0.3, 0.4) is 0 Å². The Morgan fingerprint density at radius 2 is 1.30 bits per heavy atom. The molecule has 0 saturated heterocycles. The fourth-order valence-corrected chi connectivity index (χ4v) is 3.21. The van der Waals surface area contributed by atoms with Gasteiger partial charge in [-0.3, -0.25) is 20.2 Å². The summed E-state index contributed by atoms with van der Waals surface area (Å²) in [5.74, 6) is 2.40. The Morgan fingerprint density at radius 1 is 0.913 bits per heavy atom. The standard InChI is InChI=1S/C11H22N6O4S2/c1-12-10(7-16(18)19)14-3-5-22-9-23-6-4-15-11(13-2)8-17(20)21/h7-8,12-15H,3-6,9H2,1-2H3. The number of nitrogens with zero attached hydrogens (tertiary/aromatic N) is 2. The maximum Gasteiger partial charge on any atom is 0.274 e. The van der Waals surface area contributed by atoms with Crippen molar-refractivity contribution >= 4 is 23.5 Å². The molecule has 0 saturated carbocycles. The minimum atomic E-state index is -0.512. The summed E-state index contributed by atoms with van der Waals surface area (Å²) in [7, 11) is 3.23. The molecule has 0 aromatic carbocycles. The molecule has 10 nitrogen and oxygen atoms in total. The molecule has 0 amide bonds. The van der Waals surface area contributed by atoms with Crippen molar-refractivity contribution in [1.82, 2.24) is 21.3 Å². The van der Waals surface area contributed by atoms with E-state index in [4.69, 9.17) is 0 Å². The number of rotatable bonds is 14. The fraction of sp³-hybridized carbons (Fsp3) is 0.636.